The van der Waals surface area contributed by atoms with E-state index in [9.17, 15) is 28.1 Å². The number of hydrogen-bond donors (Lipinski definition) is 0. The third-order valence-electron chi connectivity index (χ3n) is 4.42. The molecule has 1 aliphatic rings. The molecule has 2 aromatic rings. The van der Waals surface area contributed by atoms with Crippen LogP contribution in [-0.2, 0) is 10.9 Å². The minimum Gasteiger partial charge on any atom is -0.370 e. The van der Waals surface area contributed by atoms with Gasteiger partial charge < -0.3 is 9.64 Å². The molecule has 1 amide bonds. The minimum absolute atomic E-state index is 0.0425. The van der Waals surface area contributed by atoms with Crippen molar-refractivity contribution in [1.82, 2.24) is 4.90 Å². The van der Waals surface area contributed by atoms with Crippen LogP contribution in [0.4, 0.5) is 18.9 Å². The van der Waals surface area contributed by atoms with Crippen molar-refractivity contribution in [2.75, 3.05) is 19.7 Å². The molecule has 1 saturated heterocycles. The number of ether oxygens (including phenoxy) is 1. The summed E-state index contributed by atoms with van der Waals surface area (Å²) in [5.41, 5.74) is -0.823. The lowest BCUT2D eigenvalue weighted by Gasteiger charge is -2.33. The Labute approximate surface area is 172 Å². The fraction of sp³-hybridized carbons (Fsp3) is 0.278. The molecule has 29 heavy (non-hydrogen) atoms. The zero-order valence-corrected chi connectivity index (χ0v) is 16.1. The molecule has 154 valence electrons. The maximum absolute atomic E-state index is 12.9. The van der Waals surface area contributed by atoms with Gasteiger partial charge in [-0.3, -0.25) is 14.9 Å². The van der Waals surface area contributed by atoms with Crippen molar-refractivity contribution in [3.05, 3.63) is 73.2 Å². The Hall–Kier alpha value is -2.36. The summed E-state index contributed by atoms with van der Waals surface area (Å²) in [5, 5.41) is 10.8. The van der Waals surface area contributed by atoms with E-state index in [4.69, 9.17) is 27.9 Å². The number of benzene rings is 2. The third-order valence-corrected chi connectivity index (χ3v) is 5.22. The van der Waals surface area contributed by atoms with Crippen molar-refractivity contribution in [3.63, 3.8) is 0 Å². The summed E-state index contributed by atoms with van der Waals surface area (Å²) in [7, 11) is 0. The van der Waals surface area contributed by atoms with Crippen molar-refractivity contribution in [2.45, 2.75) is 12.3 Å². The summed E-state index contributed by atoms with van der Waals surface area (Å²) < 4.78 is 43.7. The van der Waals surface area contributed by atoms with Crippen LogP contribution >= 0.6 is 23.2 Å². The van der Waals surface area contributed by atoms with Gasteiger partial charge in [-0.05, 0) is 17.7 Å². The number of halogens is 5. The first kappa shape index (κ1) is 21.4. The van der Waals surface area contributed by atoms with Gasteiger partial charge in [-0.15, -0.1) is 0 Å². The molecule has 1 unspecified atom stereocenters. The average Bonchev–Trinajstić information content (AvgIpc) is 2.69. The lowest BCUT2D eigenvalue weighted by molar-refractivity contribution is -0.384. The van der Waals surface area contributed by atoms with Crippen LogP contribution in [0, 0.1) is 10.1 Å². The fourth-order valence-corrected chi connectivity index (χ4v) is 3.33. The van der Waals surface area contributed by atoms with Crippen LogP contribution in [0.15, 0.2) is 36.4 Å². The molecule has 0 saturated carbocycles. The lowest BCUT2D eigenvalue weighted by atomic mass is 10.0. The smallest absolute Gasteiger partial charge is 0.370 e. The number of nitro groups is 1. The number of nitrogens with zero attached hydrogens (tertiary/aromatic N) is 2. The van der Waals surface area contributed by atoms with Crippen molar-refractivity contribution in [3.8, 4) is 0 Å². The quantitative estimate of drug-likeness (QED) is 0.481. The predicted molar refractivity (Wildman–Crippen MR) is 99.2 cm³/mol. The van der Waals surface area contributed by atoms with Gasteiger partial charge in [0.25, 0.3) is 11.6 Å². The van der Waals surface area contributed by atoms with E-state index < -0.39 is 28.7 Å². The number of carbonyl (C=O) groups is 1. The highest BCUT2D eigenvalue weighted by atomic mass is 35.5. The standard InChI is InChI=1S/C18H13Cl2F3N2O4/c19-14-8-12(25(27)28)7-13(16(14)20)17(26)24-5-6-29-15(9-24)10-1-3-11(4-2-10)18(21,22)23/h1-4,7-8,15H,5-6,9H2. The number of nitro benzene ring substituents is 1. The van der Waals surface area contributed by atoms with Gasteiger partial charge in [0.2, 0.25) is 0 Å². The van der Waals surface area contributed by atoms with Crippen LogP contribution in [0.2, 0.25) is 10.0 Å². The Kier molecular flexibility index (Phi) is 6.02. The normalized spacial score (nSPS) is 17.3. The Morgan fingerprint density at radius 1 is 1.21 bits per heavy atom. The maximum Gasteiger partial charge on any atom is 0.416 e. The molecule has 0 radical (unpaired) electrons. The number of rotatable bonds is 3. The van der Waals surface area contributed by atoms with Crippen molar-refractivity contribution < 1.29 is 27.6 Å². The number of non-ortho nitro benzene ring substituents is 1. The predicted octanol–water partition coefficient (Wildman–Crippen LogP) is 5.13. The molecule has 1 atom stereocenters. The first-order valence-corrected chi connectivity index (χ1v) is 9.05. The van der Waals surface area contributed by atoms with Crippen LogP contribution in [-0.4, -0.2) is 35.4 Å². The SMILES string of the molecule is O=C(c1cc([N+](=O)[O-])cc(Cl)c1Cl)N1CCOC(c2ccc(C(F)(F)F)cc2)C1. The topological polar surface area (TPSA) is 72.7 Å². The number of carbonyl (C=O) groups excluding carboxylic acids is 1. The summed E-state index contributed by atoms with van der Waals surface area (Å²) in [5.74, 6) is -0.583. The highest BCUT2D eigenvalue weighted by molar-refractivity contribution is 6.44. The van der Waals surface area contributed by atoms with Crippen molar-refractivity contribution in [1.29, 1.82) is 0 Å². The van der Waals surface area contributed by atoms with Gasteiger partial charge in [0.05, 0.1) is 39.2 Å². The molecule has 0 spiro atoms. The number of morpholine rings is 1. The van der Waals surface area contributed by atoms with Crippen LogP contribution in [0.25, 0.3) is 0 Å². The zero-order chi connectivity index (χ0) is 21.3. The van der Waals surface area contributed by atoms with Crippen LogP contribution in [0.3, 0.4) is 0 Å². The molecule has 1 fully saturated rings. The molecule has 11 heteroatoms. The van der Waals surface area contributed by atoms with Crippen LogP contribution in [0.5, 0.6) is 0 Å². The minimum atomic E-state index is -4.45. The molecule has 0 aromatic heterocycles. The molecule has 2 aromatic carbocycles. The first-order chi connectivity index (χ1) is 13.6. The van der Waals surface area contributed by atoms with Gasteiger partial charge >= 0.3 is 6.18 Å². The van der Waals surface area contributed by atoms with E-state index in [0.29, 0.717) is 5.56 Å². The third kappa shape index (κ3) is 4.63. The zero-order valence-electron chi connectivity index (χ0n) is 14.6. The molecule has 6 nitrogen and oxygen atoms in total. The average molecular weight is 449 g/mol. The van der Waals surface area contributed by atoms with Crippen molar-refractivity contribution >= 4 is 34.8 Å². The number of amides is 1. The van der Waals surface area contributed by atoms with E-state index in [1.54, 1.807) is 0 Å². The summed E-state index contributed by atoms with van der Waals surface area (Å²) in [6.07, 6.45) is -5.10. The molecular formula is C18H13Cl2F3N2O4. The van der Waals surface area contributed by atoms with Crippen molar-refractivity contribution in [2.24, 2.45) is 0 Å². The summed E-state index contributed by atoms with van der Waals surface area (Å²) in [6.45, 7) is 0.366. The van der Waals surface area contributed by atoms with Gasteiger partial charge in [-0.25, -0.2) is 0 Å². The van der Waals surface area contributed by atoms with E-state index in [1.165, 1.54) is 17.0 Å². The molecule has 0 bridgehead atoms. The Balaban J connectivity index is 1.82. The Morgan fingerprint density at radius 3 is 2.45 bits per heavy atom. The van der Waals surface area contributed by atoms with Crippen LogP contribution in [0.1, 0.15) is 27.6 Å². The monoisotopic (exact) mass is 448 g/mol. The van der Waals surface area contributed by atoms with E-state index in [1.807, 2.05) is 0 Å². The molecule has 0 aliphatic carbocycles. The molecule has 3 rings (SSSR count). The van der Waals surface area contributed by atoms with E-state index in [2.05, 4.69) is 0 Å². The summed E-state index contributed by atoms with van der Waals surface area (Å²) in [6, 6.07) is 6.55. The second kappa shape index (κ2) is 8.17. The van der Waals surface area contributed by atoms with E-state index in [-0.39, 0.29) is 41.0 Å². The van der Waals surface area contributed by atoms with Gasteiger partial charge in [-0.2, -0.15) is 13.2 Å². The van der Waals surface area contributed by atoms with Gasteiger partial charge in [-0.1, -0.05) is 35.3 Å². The lowest BCUT2D eigenvalue weighted by Crippen LogP contribution is -2.42. The Bertz CT molecular complexity index is 951. The fourth-order valence-electron chi connectivity index (χ4n) is 2.93. The van der Waals surface area contributed by atoms with E-state index >= 15 is 0 Å². The summed E-state index contributed by atoms with van der Waals surface area (Å²) in [4.78, 5) is 24.6. The number of hydrogen-bond acceptors (Lipinski definition) is 4. The molecule has 0 N–H and O–H groups in total. The second-order valence-corrected chi connectivity index (χ2v) is 7.06. The van der Waals surface area contributed by atoms with Gasteiger partial charge in [0.15, 0.2) is 0 Å². The first-order valence-electron chi connectivity index (χ1n) is 8.29. The molecule has 1 heterocycles. The molecule has 1 aliphatic heterocycles. The van der Waals surface area contributed by atoms with Gasteiger partial charge in [0, 0.05) is 18.7 Å². The summed E-state index contributed by atoms with van der Waals surface area (Å²) >= 11 is 12.0. The Morgan fingerprint density at radius 2 is 1.86 bits per heavy atom. The molecular weight excluding hydrogens is 436 g/mol. The van der Waals surface area contributed by atoms with E-state index in [0.717, 1.165) is 24.3 Å². The highest BCUT2D eigenvalue weighted by Gasteiger charge is 2.32. The van der Waals surface area contributed by atoms with Gasteiger partial charge in [0.1, 0.15) is 6.10 Å². The number of alkyl halides is 3. The largest absolute Gasteiger partial charge is 0.416 e. The van der Waals surface area contributed by atoms with Crippen LogP contribution < -0.4 is 0 Å². The second-order valence-electron chi connectivity index (χ2n) is 6.28. The highest BCUT2D eigenvalue weighted by Crippen LogP contribution is 2.34. The maximum atomic E-state index is 12.9.